The van der Waals surface area contributed by atoms with Gasteiger partial charge in [0.2, 0.25) is 5.09 Å². The van der Waals surface area contributed by atoms with Crippen LogP contribution in [-0.2, 0) is 16.6 Å². The molecular formula is C13H20N2O3S. The van der Waals surface area contributed by atoms with Gasteiger partial charge in [-0.15, -0.1) is 6.58 Å². The van der Waals surface area contributed by atoms with Crippen LogP contribution >= 0.6 is 0 Å². The monoisotopic (exact) mass is 284 g/mol. The molecule has 1 aliphatic rings. The van der Waals surface area contributed by atoms with Crippen molar-refractivity contribution in [3.63, 3.8) is 0 Å². The zero-order valence-corrected chi connectivity index (χ0v) is 11.9. The molecule has 0 amide bonds. The molecule has 0 unspecified atom stereocenters. The molecule has 106 valence electrons. The van der Waals surface area contributed by atoms with Gasteiger partial charge in [-0.2, -0.15) is 4.31 Å². The lowest BCUT2D eigenvalue weighted by Crippen LogP contribution is -2.30. The third kappa shape index (κ3) is 3.46. The molecule has 6 heteroatoms. The smallest absolute Gasteiger partial charge is 0.276 e. The second kappa shape index (κ2) is 5.90. The van der Waals surface area contributed by atoms with Gasteiger partial charge in [0.15, 0.2) is 0 Å². The van der Waals surface area contributed by atoms with E-state index in [1.807, 2.05) is 0 Å². The minimum atomic E-state index is -3.55. The lowest BCUT2D eigenvalue weighted by atomic mass is 10.4. The molecule has 1 heterocycles. The molecule has 1 fully saturated rings. The van der Waals surface area contributed by atoms with E-state index < -0.39 is 10.0 Å². The maximum atomic E-state index is 12.3. The third-order valence-corrected chi connectivity index (χ3v) is 4.87. The van der Waals surface area contributed by atoms with Crippen LogP contribution in [0.25, 0.3) is 0 Å². The van der Waals surface area contributed by atoms with Crippen LogP contribution in [0.2, 0.25) is 0 Å². The molecular weight excluding hydrogens is 264 g/mol. The average molecular weight is 284 g/mol. The molecule has 0 bridgehead atoms. The van der Waals surface area contributed by atoms with Gasteiger partial charge in [0.05, 0.1) is 6.54 Å². The number of nitrogens with zero attached hydrogens (tertiary/aromatic N) is 1. The van der Waals surface area contributed by atoms with Crippen LogP contribution in [0.3, 0.4) is 0 Å². The summed E-state index contributed by atoms with van der Waals surface area (Å²) in [5.74, 6) is 0.653. The zero-order chi connectivity index (χ0) is 13.9. The van der Waals surface area contributed by atoms with Crippen LogP contribution in [-0.4, -0.2) is 31.9 Å². The number of nitrogens with one attached hydrogen (secondary N) is 1. The highest BCUT2D eigenvalue weighted by atomic mass is 32.2. The summed E-state index contributed by atoms with van der Waals surface area (Å²) in [6.45, 7) is 6.62. The predicted octanol–water partition coefficient (Wildman–Crippen LogP) is 1.73. The molecule has 0 radical (unpaired) electrons. The Bertz CT molecular complexity index is 532. The van der Waals surface area contributed by atoms with Gasteiger partial charge < -0.3 is 9.73 Å². The molecule has 1 N–H and O–H groups in total. The lowest BCUT2D eigenvalue weighted by molar-refractivity contribution is 0.377. The molecule has 19 heavy (non-hydrogen) atoms. The van der Waals surface area contributed by atoms with Crippen molar-refractivity contribution in [2.75, 3.05) is 13.1 Å². The first-order valence-electron chi connectivity index (χ1n) is 6.51. The first-order chi connectivity index (χ1) is 9.07. The Morgan fingerprint density at radius 1 is 1.53 bits per heavy atom. The topological polar surface area (TPSA) is 62.6 Å². The Morgan fingerprint density at radius 3 is 2.84 bits per heavy atom. The van der Waals surface area contributed by atoms with Crippen molar-refractivity contribution in [2.45, 2.75) is 37.4 Å². The molecule has 1 aromatic rings. The van der Waals surface area contributed by atoms with Crippen molar-refractivity contribution in [1.82, 2.24) is 9.62 Å². The molecule has 0 spiro atoms. The van der Waals surface area contributed by atoms with E-state index in [0.717, 1.165) is 0 Å². The summed E-state index contributed by atoms with van der Waals surface area (Å²) in [5.41, 5.74) is 0. The molecule has 1 aromatic heterocycles. The maximum absolute atomic E-state index is 12.3. The van der Waals surface area contributed by atoms with Crippen LogP contribution in [0.5, 0.6) is 0 Å². The summed E-state index contributed by atoms with van der Waals surface area (Å²) in [4.78, 5) is 0. The highest BCUT2D eigenvalue weighted by Crippen LogP contribution is 2.21. The van der Waals surface area contributed by atoms with Crippen molar-refractivity contribution in [3.8, 4) is 0 Å². The highest BCUT2D eigenvalue weighted by molar-refractivity contribution is 7.89. The van der Waals surface area contributed by atoms with E-state index in [-0.39, 0.29) is 11.6 Å². The van der Waals surface area contributed by atoms with Crippen LogP contribution in [0.4, 0.5) is 0 Å². The standard InChI is InChI=1S/C13H20N2O3S/c1-3-9-15(4-2)19(16,17)13-8-7-12(18-13)10-14-11-5-6-11/h3,7-8,11,14H,1,4-6,9-10H2,2H3. The molecule has 0 aliphatic heterocycles. The van der Waals surface area contributed by atoms with Gasteiger partial charge in [-0.3, -0.25) is 0 Å². The van der Waals surface area contributed by atoms with Crippen LogP contribution in [0, 0.1) is 0 Å². The predicted molar refractivity (Wildman–Crippen MR) is 73.2 cm³/mol. The number of furan rings is 1. The SMILES string of the molecule is C=CCN(CC)S(=O)(=O)c1ccc(CNC2CC2)o1. The number of sulfonamides is 1. The average Bonchev–Trinajstić information content (AvgIpc) is 3.09. The summed E-state index contributed by atoms with van der Waals surface area (Å²) < 4.78 is 31.3. The minimum Gasteiger partial charge on any atom is -0.447 e. The Labute approximate surface area is 114 Å². The molecule has 5 nitrogen and oxygen atoms in total. The molecule has 0 aromatic carbocycles. The largest absolute Gasteiger partial charge is 0.447 e. The van der Waals surface area contributed by atoms with E-state index >= 15 is 0 Å². The van der Waals surface area contributed by atoms with E-state index in [2.05, 4.69) is 11.9 Å². The number of likely N-dealkylation sites (N-methyl/N-ethyl adjacent to an activating group) is 1. The van der Waals surface area contributed by atoms with Gasteiger partial charge >= 0.3 is 0 Å². The summed E-state index contributed by atoms with van der Waals surface area (Å²) in [7, 11) is -3.55. The minimum absolute atomic E-state index is 0.00352. The van der Waals surface area contributed by atoms with Gasteiger partial charge in [0, 0.05) is 19.1 Å². The van der Waals surface area contributed by atoms with E-state index in [4.69, 9.17) is 4.42 Å². The van der Waals surface area contributed by atoms with Crippen molar-refractivity contribution >= 4 is 10.0 Å². The molecule has 0 saturated heterocycles. The fraction of sp³-hybridized carbons (Fsp3) is 0.538. The van der Waals surface area contributed by atoms with Gasteiger partial charge in [0.25, 0.3) is 10.0 Å². The molecule has 1 aliphatic carbocycles. The fourth-order valence-corrected chi connectivity index (χ4v) is 3.14. The number of rotatable bonds is 8. The summed E-state index contributed by atoms with van der Waals surface area (Å²) in [6, 6.07) is 3.80. The van der Waals surface area contributed by atoms with Gasteiger partial charge in [-0.05, 0) is 25.0 Å². The first-order valence-corrected chi connectivity index (χ1v) is 7.95. The van der Waals surface area contributed by atoms with Crippen LogP contribution < -0.4 is 5.32 Å². The summed E-state index contributed by atoms with van der Waals surface area (Å²) in [5, 5.41) is 3.29. The van der Waals surface area contributed by atoms with Crippen LogP contribution in [0.1, 0.15) is 25.5 Å². The summed E-state index contributed by atoms with van der Waals surface area (Å²) in [6.07, 6.45) is 3.95. The normalized spacial score (nSPS) is 15.9. The van der Waals surface area contributed by atoms with Gasteiger partial charge in [-0.25, -0.2) is 8.42 Å². The number of hydrogen-bond acceptors (Lipinski definition) is 4. The Kier molecular flexibility index (Phi) is 4.44. The molecule has 0 atom stereocenters. The third-order valence-electron chi connectivity index (χ3n) is 3.06. The van der Waals surface area contributed by atoms with E-state index in [1.165, 1.54) is 23.2 Å². The molecule has 2 rings (SSSR count). The Balaban J connectivity index is 2.08. The van der Waals surface area contributed by atoms with Crippen molar-refractivity contribution in [2.24, 2.45) is 0 Å². The zero-order valence-electron chi connectivity index (χ0n) is 11.1. The lowest BCUT2D eigenvalue weighted by Gasteiger charge is -2.16. The quantitative estimate of drug-likeness (QED) is 0.738. The second-order valence-electron chi connectivity index (χ2n) is 4.62. The second-order valence-corrected chi connectivity index (χ2v) is 6.49. The van der Waals surface area contributed by atoms with E-state index in [9.17, 15) is 8.42 Å². The number of hydrogen-bond donors (Lipinski definition) is 1. The highest BCUT2D eigenvalue weighted by Gasteiger charge is 2.26. The maximum Gasteiger partial charge on any atom is 0.276 e. The molecule has 1 saturated carbocycles. The van der Waals surface area contributed by atoms with Crippen molar-refractivity contribution in [1.29, 1.82) is 0 Å². The first kappa shape index (κ1) is 14.3. The van der Waals surface area contributed by atoms with Crippen LogP contribution in [0.15, 0.2) is 34.3 Å². The van der Waals surface area contributed by atoms with E-state index in [0.29, 0.717) is 24.9 Å². The Hall–Kier alpha value is -1.11. The Morgan fingerprint density at radius 2 is 2.26 bits per heavy atom. The van der Waals surface area contributed by atoms with Gasteiger partial charge in [0.1, 0.15) is 5.76 Å². The van der Waals surface area contributed by atoms with Crippen molar-refractivity contribution < 1.29 is 12.8 Å². The van der Waals surface area contributed by atoms with Gasteiger partial charge in [-0.1, -0.05) is 13.0 Å². The van der Waals surface area contributed by atoms with Crippen molar-refractivity contribution in [3.05, 3.63) is 30.5 Å². The van der Waals surface area contributed by atoms with E-state index in [1.54, 1.807) is 19.1 Å². The summed E-state index contributed by atoms with van der Waals surface area (Å²) >= 11 is 0. The fourth-order valence-electron chi connectivity index (χ4n) is 1.79.